The lowest BCUT2D eigenvalue weighted by molar-refractivity contribution is -0.146. The Hall–Kier alpha value is -0.610. The number of hydrogen-bond donors (Lipinski definition) is 3. The third-order valence-corrected chi connectivity index (χ3v) is 21.8. The van der Waals surface area contributed by atoms with Crippen molar-refractivity contribution in [1.29, 1.82) is 0 Å². The Balaban J connectivity index is 1.75. The minimum atomic E-state index is -0.799. The first-order valence-corrected chi connectivity index (χ1v) is 42.0. The van der Waals surface area contributed by atoms with Crippen LogP contribution in [0.25, 0.3) is 0 Å². The van der Waals surface area contributed by atoms with Crippen LogP contribution in [0.2, 0.25) is 0 Å². The number of carboxylic acid groups (broad SMARTS) is 1. The topological polar surface area (TPSA) is 77.8 Å². The molecule has 1 aliphatic carbocycles. The smallest absolute Gasteiger partial charge is 0.309 e. The summed E-state index contributed by atoms with van der Waals surface area (Å²) in [5.74, 6) is 1.25. The van der Waals surface area contributed by atoms with Crippen LogP contribution < -0.4 is 0 Å². The summed E-state index contributed by atoms with van der Waals surface area (Å²) in [5, 5.41) is 31.3. The van der Waals surface area contributed by atoms with Crippen LogP contribution in [0, 0.1) is 23.7 Å². The van der Waals surface area contributed by atoms with E-state index in [0.717, 1.165) is 43.9 Å². The van der Waals surface area contributed by atoms with Crippen LogP contribution in [-0.2, 0) is 4.79 Å². The second kappa shape index (κ2) is 70.7. The maximum atomic E-state index is 12.0. The molecule has 0 aromatic carbocycles. The van der Waals surface area contributed by atoms with E-state index in [1.807, 2.05) is 0 Å². The zero-order valence-electron chi connectivity index (χ0n) is 61.0. The maximum Gasteiger partial charge on any atom is 0.309 e. The summed E-state index contributed by atoms with van der Waals surface area (Å²) in [6, 6.07) is 0. The molecule has 1 aliphatic rings. The van der Waals surface area contributed by atoms with Gasteiger partial charge in [0, 0.05) is 0 Å². The molecule has 88 heavy (non-hydrogen) atoms. The maximum absolute atomic E-state index is 12.0. The predicted molar refractivity (Wildman–Crippen MR) is 392 cm³/mol. The van der Waals surface area contributed by atoms with E-state index in [2.05, 4.69) is 20.8 Å². The molecule has 0 radical (unpaired) electrons. The molecule has 526 valence electrons. The molecule has 0 spiro atoms. The highest BCUT2D eigenvalue weighted by Gasteiger charge is 2.35. The molecule has 0 unspecified atom stereocenters. The Morgan fingerprint density at radius 1 is 0.261 bits per heavy atom. The Morgan fingerprint density at radius 2 is 0.443 bits per heavy atom. The van der Waals surface area contributed by atoms with Gasteiger partial charge in [-0.25, -0.2) is 0 Å². The number of unbranched alkanes of at least 4 members (excludes halogenated alkanes) is 63. The van der Waals surface area contributed by atoms with Crippen molar-refractivity contribution in [1.82, 2.24) is 0 Å². The Bertz CT molecular complexity index is 1320. The van der Waals surface area contributed by atoms with Crippen LogP contribution >= 0.6 is 0 Å². The molecule has 0 saturated heterocycles. The normalized spacial score (nSPS) is 15.6. The van der Waals surface area contributed by atoms with Gasteiger partial charge < -0.3 is 15.3 Å². The summed E-state index contributed by atoms with van der Waals surface area (Å²) in [6.07, 6.45) is 100. The van der Waals surface area contributed by atoms with E-state index in [4.69, 9.17) is 0 Å². The van der Waals surface area contributed by atoms with Crippen LogP contribution in [0.1, 0.15) is 496 Å². The zero-order valence-corrected chi connectivity index (χ0v) is 61.0. The van der Waals surface area contributed by atoms with E-state index in [9.17, 15) is 20.1 Å². The van der Waals surface area contributed by atoms with Gasteiger partial charge >= 0.3 is 5.97 Å². The molecule has 1 rings (SSSR count). The average Bonchev–Trinajstić information content (AvgIpc) is 4.30. The lowest BCUT2D eigenvalue weighted by Gasteiger charge is -2.19. The summed E-state index contributed by atoms with van der Waals surface area (Å²) in [6.45, 7) is 6.89. The molecule has 0 heterocycles. The predicted octanol–water partition coefficient (Wildman–Crippen LogP) is 29.2. The summed E-state index contributed by atoms with van der Waals surface area (Å²) in [4.78, 5) is 12.0. The van der Waals surface area contributed by atoms with Crippen molar-refractivity contribution in [3.8, 4) is 0 Å². The van der Waals surface area contributed by atoms with E-state index < -0.39 is 18.0 Å². The van der Waals surface area contributed by atoms with Crippen LogP contribution in [-0.4, -0.2) is 33.5 Å². The molecule has 0 aromatic rings. The van der Waals surface area contributed by atoms with Crippen LogP contribution in [0.3, 0.4) is 0 Å². The van der Waals surface area contributed by atoms with Gasteiger partial charge in [-0.1, -0.05) is 464 Å². The van der Waals surface area contributed by atoms with E-state index in [1.165, 1.54) is 430 Å². The highest BCUT2D eigenvalue weighted by Crippen LogP contribution is 2.46. The first kappa shape index (κ1) is 85.4. The van der Waals surface area contributed by atoms with Gasteiger partial charge in [0.2, 0.25) is 0 Å². The Morgan fingerprint density at radius 3 is 0.670 bits per heavy atom. The fourth-order valence-corrected chi connectivity index (χ4v) is 15.1. The van der Waals surface area contributed by atoms with Crippen LogP contribution in [0.15, 0.2) is 0 Å². The standard InChI is InChI=1S/C84H166O4/c1-4-6-8-10-12-14-16-18-20-22-23-24-25-26-27-32-38-44-50-56-62-68-74-81(84(87)88)83(86)76-70-64-58-52-46-40-34-37-43-49-55-61-67-73-80-77-79(80)72-66-60-54-48-42-36-31-28-29-33-39-45-51-57-63-69-75-82(85)78(3)71-65-59-53-47-41-35-30-21-19-17-15-13-11-9-7-5-2/h78-83,85-86H,4-77H2,1-3H3,(H,87,88)/t78-,79+,80-,81-,82+,83-/m1/s1. The molecule has 4 nitrogen and oxygen atoms in total. The third kappa shape index (κ3) is 62.8. The second-order valence-electron chi connectivity index (χ2n) is 30.5. The van der Waals surface area contributed by atoms with Gasteiger partial charge in [0.1, 0.15) is 0 Å². The van der Waals surface area contributed by atoms with Gasteiger partial charge in [0.25, 0.3) is 0 Å². The molecule has 4 heteroatoms. The van der Waals surface area contributed by atoms with E-state index in [-0.39, 0.29) is 6.10 Å². The monoisotopic (exact) mass is 1240 g/mol. The molecule has 0 aromatic heterocycles. The van der Waals surface area contributed by atoms with Gasteiger partial charge in [0.05, 0.1) is 18.1 Å². The minimum absolute atomic E-state index is 0.0806. The van der Waals surface area contributed by atoms with Gasteiger partial charge in [-0.2, -0.15) is 0 Å². The SMILES string of the molecule is CCCCCCCCCCCCCCCCCCCCCCCC[C@@H](C(=O)O)[C@H](O)CCCCCCCCCCCCCCC[C@@H]1C[C@@H]1CCCCCCCCCCCCCCCCCC[C@H](O)[C@H](C)CCCCCCCCCCCCCCCCCC. The number of aliphatic hydroxyl groups excluding tert-OH is 2. The fraction of sp³-hybridized carbons (Fsp3) is 0.988. The number of aliphatic hydroxyl groups is 2. The van der Waals surface area contributed by atoms with E-state index in [0.29, 0.717) is 18.8 Å². The molecule has 6 atom stereocenters. The largest absolute Gasteiger partial charge is 0.481 e. The quantitative estimate of drug-likeness (QED) is 0.0530. The third-order valence-electron chi connectivity index (χ3n) is 21.8. The lowest BCUT2D eigenvalue weighted by atomic mass is 9.91. The van der Waals surface area contributed by atoms with E-state index in [1.54, 1.807) is 0 Å². The number of carbonyl (C=O) groups is 1. The zero-order chi connectivity index (χ0) is 63.4. The van der Waals surface area contributed by atoms with Crippen molar-refractivity contribution in [2.75, 3.05) is 0 Å². The van der Waals surface area contributed by atoms with Gasteiger partial charge in [-0.15, -0.1) is 0 Å². The summed E-state index contributed by atoms with van der Waals surface area (Å²) >= 11 is 0. The number of aliphatic carboxylic acids is 1. The second-order valence-corrected chi connectivity index (χ2v) is 30.5. The van der Waals surface area contributed by atoms with Gasteiger partial charge in [-0.05, 0) is 49.9 Å². The first-order chi connectivity index (χ1) is 43.4. The van der Waals surface area contributed by atoms with Crippen molar-refractivity contribution in [2.24, 2.45) is 23.7 Å². The lowest BCUT2D eigenvalue weighted by Crippen LogP contribution is -2.28. The number of hydrogen-bond acceptors (Lipinski definition) is 3. The van der Waals surface area contributed by atoms with Crippen LogP contribution in [0.5, 0.6) is 0 Å². The minimum Gasteiger partial charge on any atom is -0.481 e. The van der Waals surface area contributed by atoms with Crippen molar-refractivity contribution >= 4 is 5.97 Å². The van der Waals surface area contributed by atoms with Crippen LogP contribution in [0.4, 0.5) is 0 Å². The summed E-state index contributed by atoms with van der Waals surface area (Å²) < 4.78 is 0. The molecule has 3 N–H and O–H groups in total. The molecule has 0 bridgehead atoms. The molecule has 0 aliphatic heterocycles. The number of rotatable bonds is 78. The Labute approximate surface area is 555 Å². The molecular formula is C84H166O4. The fourth-order valence-electron chi connectivity index (χ4n) is 15.1. The number of carboxylic acids is 1. The van der Waals surface area contributed by atoms with Crippen molar-refractivity contribution in [3.05, 3.63) is 0 Å². The average molecular weight is 1240 g/mol. The Kier molecular flexibility index (Phi) is 68.6. The molecular weight excluding hydrogens is 1070 g/mol. The molecule has 0 amide bonds. The summed E-state index contributed by atoms with van der Waals surface area (Å²) in [7, 11) is 0. The van der Waals surface area contributed by atoms with Gasteiger partial charge in [0.15, 0.2) is 0 Å². The van der Waals surface area contributed by atoms with Crippen molar-refractivity contribution in [2.45, 2.75) is 508 Å². The molecule has 1 fully saturated rings. The van der Waals surface area contributed by atoms with Crippen molar-refractivity contribution < 1.29 is 20.1 Å². The molecule has 1 saturated carbocycles. The van der Waals surface area contributed by atoms with E-state index >= 15 is 0 Å². The summed E-state index contributed by atoms with van der Waals surface area (Å²) in [5.41, 5.74) is 0. The van der Waals surface area contributed by atoms with Crippen molar-refractivity contribution in [3.63, 3.8) is 0 Å². The highest BCUT2D eigenvalue weighted by molar-refractivity contribution is 5.70. The van der Waals surface area contributed by atoms with Gasteiger partial charge in [-0.3, -0.25) is 4.79 Å². The first-order valence-electron chi connectivity index (χ1n) is 42.0. The highest BCUT2D eigenvalue weighted by atomic mass is 16.4.